The molecule has 0 aromatic heterocycles. The van der Waals surface area contributed by atoms with Crippen LogP contribution in [0.2, 0.25) is 0 Å². The molecule has 0 aliphatic heterocycles. The number of nitrogens with one attached hydrogen (secondary N) is 1. The van der Waals surface area contributed by atoms with Crippen molar-refractivity contribution in [2.75, 3.05) is 13.6 Å². The SMILES string of the molecule is C=C/C(F)=C(/CNC)C(=C)F. The fourth-order valence-corrected chi connectivity index (χ4v) is 0.610. The summed E-state index contributed by atoms with van der Waals surface area (Å²) in [5, 5.41) is 2.62. The highest BCUT2D eigenvalue weighted by Gasteiger charge is 2.05. The molecule has 0 aliphatic rings. The van der Waals surface area contributed by atoms with E-state index in [4.69, 9.17) is 0 Å². The van der Waals surface area contributed by atoms with Gasteiger partial charge in [0.05, 0.1) is 0 Å². The summed E-state index contributed by atoms with van der Waals surface area (Å²) in [6, 6.07) is 0. The minimum Gasteiger partial charge on any atom is -0.315 e. The number of allylic oxidation sites excluding steroid dienone is 2. The number of halogens is 2. The lowest BCUT2D eigenvalue weighted by Gasteiger charge is -2.02. The largest absolute Gasteiger partial charge is 0.315 e. The summed E-state index contributed by atoms with van der Waals surface area (Å²) in [5.41, 5.74) is -0.0810. The number of hydrogen-bond donors (Lipinski definition) is 1. The molecule has 1 nitrogen and oxygen atoms in total. The smallest absolute Gasteiger partial charge is 0.130 e. The summed E-state index contributed by atoms with van der Waals surface area (Å²) in [6.07, 6.45) is 0.956. The molecule has 0 saturated carbocycles. The summed E-state index contributed by atoms with van der Waals surface area (Å²) < 4.78 is 25.1. The third-order valence-electron chi connectivity index (χ3n) is 1.15. The Morgan fingerprint density at radius 1 is 1.55 bits per heavy atom. The van der Waals surface area contributed by atoms with Crippen molar-refractivity contribution in [2.24, 2.45) is 0 Å². The molecule has 0 spiro atoms. The van der Waals surface area contributed by atoms with E-state index in [0.717, 1.165) is 6.08 Å². The maximum absolute atomic E-state index is 12.7. The maximum Gasteiger partial charge on any atom is 0.130 e. The lowest BCUT2D eigenvalue weighted by Crippen LogP contribution is -2.11. The highest BCUT2D eigenvalue weighted by atomic mass is 19.1. The van der Waals surface area contributed by atoms with Crippen molar-refractivity contribution in [1.29, 1.82) is 0 Å². The molecule has 0 aromatic rings. The molecule has 3 heteroatoms. The van der Waals surface area contributed by atoms with Crippen molar-refractivity contribution in [1.82, 2.24) is 5.32 Å². The van der Waals surface area contributed by atoms with Gasteiger partial charge in [-0.25, -0.2) is 8.78 Å². The van der Waals surface area contributed by atoms with Crippen LogP contribution in [0.15, 0.2) is 36.5 Å². The molecule has 0 amide bonds. The first kappa shape index (κ1) is 10.0. The van der Waals surface area contributed by atoms with Crippen LogP contribution in [-0.2, 0) is 0 Å². The van der Waals surface area contributed by atoms with Gasteiger partial charge in [0, 0.05) is 12.1 Å². The fraction of sp³-hybridized carbons (Fsp3) is 0.250. The van der Waals surface area contributed by atoms with Crippen LogP contribution in [0.5, 0.6) is 0 Å². The minimum absolute atomic E-state index is 0.0810. The standard InChI is InChI=1S/C8H11F2N/c1-4-8(10)7(5-11-3)6(2)9/h4,11H,1-2,5H2,3H3/b8-7+. The molecule has 0 aromatic carbocycles. The van der Waals surface area contributed by atoms with Crippen molar-refractivity contribution in [3.63, 3.8) is 0 Å². The summed E-state index contributed by atoms with van der Waals surface area (Å²) in [6.45, 7) is 6.29. The van der Waals surface area contributed by atoms with Gasteiger partial charge in [-0.15, -0.1) is 0 Å². The van der Waals surface area contributed by atoms with Gasteiger partial charge in [-0.3, -0.25) is 0 Å². The number of hydrogen-bond acceptors (Lipinski definition) is 1. The van der Waals surface area contributed by atoms with Crippen LogP contribution in [0.1, 0.15) is 0 Å². The van der Waals surface area contributed by atoms with E-state index in [-0.39, 0.29) is 12.1 Å². The molecule has 0 aliphatic carbocycles. The Balaban J connectivity index is 4.56. The first-order valence-electron chi connectivity index (χ1n) is 3.14. The second-order valence-corrected chi connectivity index (χ2v) is 1.97. The molecule has 0 heterocycles. The third kappa shape index (κ3) is 3.09. The van der Waals surface area contributed by atoms with Gasteiger partial charge >= 0.3 is 0 Å². The predicted octanol–water partition coefficient (Wildman–Crippen LogP) is 2.10. The topological polar surface area (TPSA) is 12.0 Å². The highest BCUT2D eigenvalue weighted by molar-refractivity contribution is 5.31. The number of rotatable bonds is 4. The predicted molar refractivity (Wildman–Crippen MR) is 42.5 cm³/mol. The van der Waals surface area contributed by atoms with Gasteiger partial charge in [0.2, 0.25) is 0 Å². The van der Waals surface area contributed by atoms with Crippen LogP contribution in [0.4, 0.5) is 8.78 Å². The van der Waals surface area contributed by atoms with E-state index < -0.39 is 11.7 Å². The van der Waals surface area contributed by atoms with Crippen LogP contribution >= 0.6 is 0 Å². The molecule has 11 heavy (non-hydrogen) atoms. The Morgan fingerprint density at radius 2 is 2.09 bits per heavy atom. The summed E-state index contributed by atoms with van der Waals surface area (Å²) in [7, 11) is 1.60. The Bertz CT molecular complexity index is 194. The fourth-order valence-electron chi connectivity index (χ4n) is 0.610. The van der Waals surface area contributed by atoms with Gasteiger partial charge in [-0.05, 0) is 13.1 Å². The number of likely N-dealkylation sites (N-methyl/N-ethyl adjacent to an activating group) is 1. The van der Waals surface area contributed by atoms with Crippen LogP contribution in [0.3, 0.4) is 0 Å². The van der Waals surface area contributed by atoms with Crippen LogP contribution in [0.25, 0.3) is 0 Å². The first-order valence-corrected chi connectivity index (χ1v) is 3.14. The molecule has 1 N–H and O–H groups in total. The molecule has 0 atom stereocenters. The summed E-state index contributed by atoms with van der Waals surface area (Å²) >= 11 is 0. The van der Waals surface area contributed by atoms with Crippen molar-refractivity contribution in [3.8, 4) is 0 Å². The van der Waals surface area contributed by atoms with Crippen LogP contribution in [0, 0.1) is 0 Å². The third-order valence-corrected chi connectivity index (χ3v) is 1.15. The van der Waals surface area contributed by atoms with E-state index in [1.165, 1.54) is 0 Å². The first-order chi connectivity index (χ1) is 5.13. The van der Waals surface area contributed by atoms with E-state index in [9.17, 15) is 8.78 Å². The van der Waals surface area contributed by atoms with Crippen LogP contribution in [-0.4, -0.2) is 13.6 Å². The average molecular weight is 159 g/mol. The van der Waals surface area contributed by atoms with Gasteiger partial charge in [-0.2, -0.15) is 0 Å². The molecule has 0 rings (SSSR count). The lowest BCUT2D eigenvalue weighted by atomic mass is 10.2. The molecule has 0 fully saturated rings. The Labute approximate surface area is 65.1 Å². The second-order valence-electron chi connectivity index (χ2n) is 1.97. The second kappa shape index (κ2) is 4.79. The Kier molecular flexibility index (Phi) is 4.38. The van der Waals surface area contributed by atoms with Crippen molar-refractivity contribution < 1.29 is 8.78 Å². The van der Waals surface area contributed by atoms with E-state index in [1.807, 2.05) is 0 Å². The zero-order valence-corrected chi connectivity index (χ0v) is 6.45. The van der Waals surface area contributed by atoms with E-state index in [0.29, 0.717) is 0 Å². The zero-order valence-electron chi connectivity index (χ0n) is 6.45. The molecule has 0 saturated heterocycles. The molecular weight excluding hydrogens is 148 g/mol. The quantitative estimate of drug-likeness (QED) is 0.619. The van der Waals surface area contributed by atoms with Crippen molar-refractivity contribution >= 4 is 0 Å². The maximum atomic E-state index is 12.7. The van der Waals surface area contributed by atoms with E-state index in [2.05, 4.69) is 18.5 Å². The lowest BCUT2D eigenvalue weighted by molar-refractivity contribution is 0.599. The monoisotopic (exact) mass is 159 g/mol. The van der Waals surface area contributed by atoms with Crippen molar-refractivity contribution in [3.05, 3.63) is 36.5 Å². The molecule has 0 radical (unpaired) electrons. The van der Waals surface area contributed by atoms with Crippen LogP contribution < -0.4 is 5.32 Å². The van der Waals surface area contributed by atoms with Gasteiger partial charge < -0.3 is 5.32 Å². The Hall–Kier alpha value is -0.960. The molecular formula is C8H11F2N. The highest BCUT2D eigenvalue weighted by Crippen LogP contribution is 2.15. The Morgan fingerprint density at radius 3 is 2.36 bits per heavy atom. The minimum atomic E-state index is -0.767. The summed E-state index contributed by atoms with van der Waals surface area (Å²) in [5.74, 6) is -1.44. The van der Waals surface area contributed by atoms with Gasteiger partial charge in [0.1, 0.15) is 11.7 Å². The van der Waals surface area contributed by atoms with Gasteiger partial charge in [-0.1, -0.05) is 13.2 Å². The molecule has 0 unspecified atom stereocenters. The molecule has 62 valence electrons. The summed E-state index contributed by atoms with van der Waals surface area (Å²) in [4.78, 5) is 0. The molecule has 0 bridgehead atoms. The normalized spacial score (nSPS) is 12.3. The van der Waals surface area contributed by atoms with E-state index >= 15 is 0 Å². The average Bonchev–Trinajstić information content (AvgIpc) is 1.98. The van der Waals surface area contributed by atoms with Crippen molar-refractivity contribution in [2.45, 2.75) is 0 Å². The van der Waals surface area contributed by atoms with Gasteiger partial charge in [0.25, 0.3) is 0 Å². The zero-order chi connectivity index (χ0) is 8.85. The van der Waals surface area contributed by atoms with E-state index in [1.54, 1.807) is 7.05 Å². The van der Waals surface area contributed by atoms with Gasteiger partial charge in [0.15, 0.2) is 0 Å².